The summed E-state index contributed by atoms with van der Waals surface area (Å²) in [5.41, 5.74) is 1.28. The average Bonchev–Trinajstić information content (AvgIpc) is 3.50. The summed E-state index contributed by atoms with van der Waals surface area (Å²) in [6.45, 7) is 0. The second kappa shape index (κ2) is 18.7. The Morgan fingerprint density at radius 3 is 1.11 bits per heavy atom. The summed E-state index contributed by atoms with van der Waals surface area (Å²) in [6.07, 6.45) is 6.77. The number of hydrogen-bond donors (Lipinski definition) is 3. The highest BCUT2D eigenvalue weighted by Gasteiger charge is 2.39. The summed E-state index contributed by atoms with van der Waals surface area (Å²) in [4.78, 5) is 72.4. The van der Waals surface area contributed by atoms with E-state index in [-0.39, 0.29) is 37.1 Å². The molecule has 55 heavy (non-hydrogen) atoms. The van der Waals surface area contributed by atoms with E-state index < -0.39 is 74.3 Å². The van der Waals surface area contributed by atoms with E-state index in [0.717, 1.165) is 74.2 Å². The van der Waals surface area contributed by atoms with E-state index in [4.69, 9.17) is 8.57 Å². The van der Waals surface area contributed by atoms with Gasteiger partial charge in [-0.05, 0) is 60.8 Å². The highest BCUT2D eigenvalue weighted by atomic mass is 32.2. The van der Waals surface area contributed by atoms with E-state index in [1.807, 2.05) is 11.0 Å². The summed E-state index contributed by atoms with van der Waals surface area (Å²) < 4.78 is 59.9. The number of nitro groups is 2. The van der Waals surface area contributed by atoms with Gasteiger partial charge in [0.25, 0.3) is 11.4 Å². The molecule has 2 fully saturated rings. The van der Waals surface area contributed by atoms with Gasteiger partial charge in [-0.1, -0.05) is 51.4 Å². The minimum absolute atomic E-state index is 0.233. The van der Waals surface area contributed by atoms with E-state index in [0.29, 0.717) is 51.4 Å². The molecule has 19 nitrogen and oxygen atoms in total. The number of rotatable bonds is 16. The molecule has 3 N–H and O–H groups in total. The first-order chi connectivity index (χ1) is 25.9. The standard InChI is InChI=1S/C34H43N5O14S2/c40-29(21-33(17-5-1-2-6-18-33)23-31(42)36-52-54(48,49)27-13-9-25(10-14-27)38(44)45)35-30(41)22-34(19-7-3-4-8-20-34)24-32(43)37-53-55(50,51)28-15-11-26(12-16-28)39(46)47/h9-16H,1-8,17-24H2,(H,36,42)(H,37,43)(H,35,40,41). The van der Waals surface area contributed by atoms with Crippen LogP contribution in [0, 0.1) is 31.1 Å². The first-order valence-electron chi connectivity index (χ1n) is 17.7. The molecule has 300 valence electrons. The van der Waals surface area contributed by atoms with Crippen LogP contribution in [0.2, 0.25) is 0 Å². The van der Waals surface area contributed by atoms with Gasteiger partial charge in [0.05, 0.1) is 19.6 Å². The van der Waals surface area contributed by atoms with Crippen molar-refractivity contribution in [2.24, 2.45) is 10.8 Å². The van der Waals surface area contributed by atoms with Gasteiger partial charge in [0.15, 0.2) is 0 Å². The van der Waals surface area contributed by atoms with Gasteiger partial charge in [-0.15, -0.1) is 8.57 Å². The molecule has 2 saturated carbocycles. The molecular weight excluding hydrogens is 767 g/mol. The van der Waals surface area contributed by atoms with Crippen LogP contribution in [-0.4, -0.2) is 50.3 Å². The maximum absolute atomic E-state index is 13.4. The Morgan fingerprint density at radius 2 is 0.818 bits per heavy atom. The third kappa shape index (κ3) is 12.6. The van der Waals surface area contributed by atoms with E-state index in [1.165, 1.54) is 0 Å². The number of hydrogen-bond acceptors (Lipinski definition) is 14. The normalized spacial score (nSPS) is 17.1. The molecule has 0 bridgehead atoms. The lowest BCUT2D eigenvalue weighted by Gasteiger charge is -2.33. The van der Waals surface area contributed by atoms with Crippen molar-refractivity contribution < 1.29 is 54.4 Å². The van der Waals surface area contributed by atoms with Crippen molar-refractivity contribution in [1.82, 2.24) is 16.3 Å². The highest BCUT2D eigenvalue weighted by Crippen LogP contribution is 2.43. The number of hydroxylamine groups is 2. The molecule has 0 radical (unpaired) electrons. The molecule has 2 aromatic carbocycles. The van der Waals surface area contributed by atoms with Gasteiger partial charge in [0, 0.05) is 49.9 Å². The number of non-ortho nitro benzene ring substituents is 2. The van der Waals surface area contributed by atoms with Gasteiger partial charge < -0.3 is 0 Å². The highest BCUT2D eigenvalue weighted by molar-refractivity contribution is 7.87. The minimum Gasteiger partial charge on any atom is -0.296 e. The van der Waals surface area contributed by atoms with Gasteiger partial charge in [0.2, 0.25) is 23.6 Å². The maximum atomic E-state index is 13.4. The van der Waals surface area contributed by atoms with Gasteiger partial charge in [-0.3, -0.25) is 44.7 Å². The Kier molecular flexibility index (Phi) is 14.5. The zero-order chi connectivity index (χ0) is 40.3. The fraction of sp³-hybridized carbons (Fsp3) is 0.529. The van der Waals surface area contributed by atoms with Crippen molar-refractivity contribution in [3.8, 4) is 0 Å². The molecule has 2 aromatic rings. The SMILES string of the molecule is O=C(CC1(CC(=O)NC(=O)CC2(CC(=O)NOS(=O)(=O)c3ccc([N+](=O)[O-])cc3)CCCCCC2)CCCCCC1)NOS(=O)(=O)c1ccc([N+](=O)[O-])cc1. The predicted octanol–water partition coefficient (Wildman–Crippen LogP) is 4.56. The third-order valence-corrected chi connectivity index (χ3v) is 12.3. The molecule has 0 atom stereocenters. The number of benzene rings is 2. The molecular formula is C34H43N5O14S2. The molecule has 4 rings (SSSR count). The van der Waals surface area contributed by atoms with Gasteiger partial charge in [0.1, 0.15) is 0 Å². The number of imide groups is 1. The first-order valence-corrected chi connectivity index (χ1v) is 20.5. The molecule has 2 aliphatic rings. The largest absolute Gasteiger partial charge is 0.317 e. The summed E-state index contributed by atoms with van der Waals surface area (Å²) in [5.74, 6) is -2.98. The van der Waals surface area contributed by atoms with Crippen molar-refractivity contribution in [2.75, 3.05) is 0 Å². The fourth-order valence-electron chi connectivity index (χ4n) is 7.24. The smallest absolute Gasteiger partial charge is 0.296 e. The number of nitrogens with one attached hydrogen (secondary N) is 3. The Labute approximate surface area is 317 Å². The monoisotopic (exact) mass is 809 g/mol. The molecule has 0 spiro atoms. The van der Waals surface area contributed by atoms with Crippen LogP contribution in [0.25, 0.3) is 0 Å². The zero-order valence-corrected chi connectivity index (χ0v) is 31.5. The Balaban J connectivity index is 1.37. The van der Waals surface area contributed by atoms with Crippen LogP contribution in [0.15, 0.2) is 58.3 Å². The Hall–Kier alpha value is -4.86. The van der Waals surface area contributed by atoms with Crippen LogP contribution in [-0.2, 0) is 48.0 Å². The maximum Gasteiger partial charge on any atom is 0.317 e. The molecule has 0 heterocycles. The second-order valence-electron chi connectivity index (χ2n) is 14.1. The fourth-order valence-corrected chi connectivity index (χ4v) is 8.77. The molecule has 0 aliphatic heterocycles. The number of amides is 4. The lowest BCUT2D eigenvalue weighted by atomic mass is 9.73. The minimum atomic E-state index is -4.53. The quantitative estimate of drug-likeness (QED) is 0.119. The van der Waals surface area contributed by atoms with Crippen molar-refractivity contribution in [3.63, 3.8) is 0 Å². The van der Waals surface area contributed by atoms with Gasteiger partial charge in [-0.2, -0.15) is 16.8 Å². The molecule has 0 saturated heterocycles. The van der Waals surface area contributed by atoms with Crippen LogP contribution in [0.3, 0.4) is 0 Å². The van der Waals surface area contributed by atoms with Gasteiger partial charge in [-0.25, -0.2) is 11.0 Å². The van der Waals surface area contributed by atoms with E-state index in [9.17, 15) is 56.2 Å². The molecule has 0 aromatic heterocycles. The van der Waals surface area contributed by atoms with Crippen LogP contribution in [0.1, 0.15) is 103 Å². The summed E-state index contributed by atoms with van der Waals surface area (Å²) in [7, 11) is -9.06. The number of nitrogens with zero attached hydrogens (tertiary/aromatic N) is 2. The summed E-state index contributed by atoms with van der Waals surface area (Å²) in [6, 6.07) is 7.73. The number of carbonyl (C=O) groups is 4. The van der Waals surface area contributed by atoms with E-state index >= 15 is 0 Å². The van der Waals surface area contributed by atoms with Crippen molar-refractivity contribution >= 4 is 55.2 Å². The van der Waals surface area contributed by atoms with Crippen LogP contribution < -0.4 is 16.3 Å². The zero-order valence-electron chi connectivity index (χ0n) is 29.9. The first kappa shape index (κ1) is 42.9. The predicted molar refractivity (Wildman–Crippen MR) is 191 cm³/mol. The molecule has 0 unspecified atom stereocenters. The molecule has 2 aliphatic carbocycles. The average molecular weight is 810 g/mol. The lowest BCUT2D eigenvalue weighted by Crippen LogP contribution is -2.41. The van der Waals surface area contributed by atoms with Crippen molar-refractivity contribution in [3.05, 3.63) is 68.8 Å². The van der Waals surface area contributed by atoms with Crippen LogP contribution >= 0.6 is 0 Å². The molecule has 4 amide bonds. The third-order valence-electron chi connectivity index (χ3n) is 9.95. The van der Waals surface area contributed by atoms with Crippen molar-refractivity contribution in [1.29, 1.82) is 0 Å². The summed E-state index contributed by atoms with van der Waals surface area (Å²) in [5, 5.41) is 24.2. The second-order valence-corrected chi connectivity index (χ2v) is 17.2. The topological polar surface area (TPSA) is 277 Å². The van der Waals surface area contributed by atoms with Crippen molar-refractivity contribution in [2.45, 2.75) is 113 Å². The van der Waals surface area contributed by atoms with E-state index in [2.05, 4.69) is 5.32 Å². The summed E-state index contributed by atoms with van der Waals surface area (Å²) >= 11 is 0. The van der Waals surface area contributed by atoms with Crippen LogP contribution in [0.4, 0.5) is 11.4 Å². The van der Waals surface area contributed by atoms with Gasteiger partial charge >= 0.3 is 20.2 Å². The Morgan fingerprint density at radius 1 is 0.527 bits per heavy atom. The molecule has 21 heteroatoms. The number of nitro benzene ring substituents is 2. The van der Waals surface area contributed by atoms with Crippen LogP contribution in [0.5, 0.6) is 0 Å². The Bertz CT molecular complexity index is 1810. The lowest BCUT2D eigenvalue weighted by molar-refractivity contribution is -0.385. The number of carbonyl (C=O) groups excluding carboxylic acids is 4. The van der Waals surface area contributed by atoms with E-state index in [1.54, 1.807) is 0 Å².